The van der Waals surface area contributed by atoms with E-state index >= 15 is 0 Å². The Bertz CT molecular complexity index is 914. The summed E-state index contributed by atoms with van der Waals surface area (Å²) < 4.78 is 0. The fraction of sp³-hybridized carbons (Fsp3) is 0.882. The molecule has 5 saturated carbocycles. The first kappa shape index (κ1) is 26.7. The van der Waals surface area contributed by atoms with Crippen LogP contribution in [0.1, 0.15) is 119 Å². The van der Waals surface area contributed by atoms with E-state index in [1.54, 1.807) is 0 Å². The van der Waals surface area contributed by atoms with Crippen molar-refractivity contribution >= 4 is 12.6 Å². The van der Waals surface area contributed by atoms with Crippen molar-refractivity contribution in [2.75, 3.05) is 0 Å². The van der Waals surface area contributed by atoms with Crippen molar-refractivity contribution in [2.45, 2.75) is 119 Å². The molecule has 5 aliphatic rings. The van der Waals surface area contributed by atoms with Crippen molar-refractivity contribution in [2.24, 2.45) is 68.5 Å². The van der Waals surface area contributed by atoms with E-state index in [0.29, 0.717) is 34.5 Å². The van der Waals surface area contributed by atoms with E-state index in [9.17, 15) is 9.59 Å². The Morgan fingerprint density at radius 3 is 2.17 bits per heavy atom. The van der Waals surface area contributed by atoms with E-state index in [1.807, 2.05) is 0 Å². The number of carbonyl (C=O) groups excluding carboxylic acids is 2. The fourth-order valence-corrected chi connectivity index (χ4v) is 12.2. The molecule has 0 saturated heterocycles. The molecule has 0 bridgehead atoms. The Balaban J connectivity index is 1.45. The highest BCUT2D eigenvalue weighted by molar-refractivity contribution is 5.62. The van der Waals surface area contributed by atoms with Crippen LogP contribution in [-0.2, 0) is 9.59 Å². The van der Waals surface area contributed by atoms with Crippen molar-refractivity contribution in [3.63, 3.8) is 0 Å². The van der Waals surface area contributed by atoms with Crippen LogP contribution < -0.4 is 0 Å². The maximum absolute atomic E-state index is 12.6. The van der Waals surface area contributed by atoms with Gasteiger partial charge in [0.2, 0.25) is 0 Å². The van der Waals surface area contributed by atoms with E-state index in [0.717, 1.165) is 37.0 Å². The summed E-state index contributed by atoms with van der Waals surface area (Å²) in [5.74, 6) is 4.71. The van der Waals surface area contributed by atoms with Crippen LogP contribution in [0.15, 0.2) is 12.2 Å². The molecule has 10 atom stereocenters. The van der Waals surface area contributed by atoms with E-state index < -0.39 is 0 Å². The fourth-order valence-electron chi connectivity index (χ4n) is 12.2. The van der Waals surface area contributed by atoms with Gasteiger partial charge < -0.3 is 9.59 Å². The third-order valence-corrected chi connectivity index (χ3v) is 13.9. The minimum Gasteiger partial charge on any atom is -0.303 e. The molecule has 0 aliphatic heterocycles. The maximum Gasteiger partial charge on any atom is 0.126 e. The number of hydrogen-bond donors (Lipinski definition) is 0. The molecule has 0 N–H and O–H groups in total. The van der Waals surface area contributed by atoms with Gasteiger partial charge >= 0.3 is 0 Å². The van der Waals surface area contributed by atoms with Gasteiger partial charge in [-0.15, -0.1) is 0 Å². The van der Waals surface area contributed by atoms with Crippen LogP contribution in [0.3, 0.4) is 0 Å². The Labute approximate surface area is 221 Å². The number of carbonyl (C=O) groups is 2. The minimum absolute atomic E-state index is 0.0689. The molecule has 0 aromatic carbocycles. The van der Waals surface area contributed by atoms with Crippen LogP contribution >= 0.6 is 0 Å². The van der Waals surface area contributed by atoms with Gasteiger partial charge in [0.05, 0.1) is 0 Å². The summed E-state index contributed by atoms with van der Waals surface area (Å²) >= 11 is 0. The number of allylic oxidation sites excluding steroid dienone is 1. The second-order valence-electron chi connectivity index (χ2n) is 16.3. The SMILES string of the molecule is C=C(C)C1CCC2(C=O)CCC3C(CCC4C3(C)CCC3C(C)(C)C(CC(C)(C)C=O)CCC34C)C12. The number of aldehydes is 2. The van der Waals surface area contributed by atoms with Crippen molar-refractivity contribution in [1.82, 2.24) is 0 Å². The molecule has 202 valence electrons. The maximum atomic E-state index is 12.6. The number of fused-ring (bicyclic) bond motifs is 7. The Morgan fingerprint density at radius 1 is 0.861 bits per heavy atom. The predicted molar refractivity (Wildman–Crippen MR) is 148 cm³/mol. The van der Waals surface area contributed by atoms with Gasteiger partial charge in [-0.2, -0.15) is 0 Å². The second kappa shape index (κ2) is 8.54. The smallest absolute Gasteiger partial charge is 0.126 e. The lowest BCUT2D eigenvalue weighted by Gasteiger charge is -2.69. The molecule has 0 radical (unpaired) electrons. The van der Waals surface area contributed by atoms with Gasteiger partial charge in [0.1, 0.15) is 12.6 Å². The van der Waals surface area contributed by atoms with E-state index in [1.165, 1.54) is 69.5 Å². The van der Waals surface area contributed by atoms with Gasteiger partial charge in [-0.25, -0.2) is 0 Å². The van der Waals surface area contributed by atoms with Crippen LogP contribution in [-0.4, -0.2) is 12.6 Å². The number of hydrogen-bond acceptors (Lipinski definition) is 2. The highest BCUT2D eigenvalue weighted by Crippen LogP contribution is 2.74. The average molecular weight is 495 g/mol. The zero-order chi connectivity index (χ0) is 26.3. The van der Waals surface area contributed by atoms with Gasteiger partial charge in [-0.05, 0) is 135 Å². The molecule has 5 rings (SSSR count). The van der Waals surface area contributed by atoms with Crippen molar-refractivity contribution in [1.29, 1.82) is 0 Å². The third-order valence-electron chi connectivity index (χ3n) is 13.9. The molecule has 5 aliphatic carbocycles. The topological polar surface area (TPSA) is 34.1 Å². The quantitative estimate of drug-likeness (QED) is 0.283. The summed E-state index contributed by atoms with van der Waals surface area (Å²) in [6.07, 6.45) is 16.2. The first-order chi connectivity index (χ1) is 16.8. The van der Waals surface area contributed by atoms with E-state index in [2.05, 4.69) is 55.0 Å². The third kappa shape index (κ3) is 3.61. The molecule has 0 aromatic heterocycles. The summed E-state index contributed by atoms with van der Waals surface area (Å²) in [4.78, 5) is 24.4. The highest BCUT2D eigenvalue weighted by atomic mass is 16.1. The van der Waals surface area contributed by atoms with Gasteiger partial charge in [0.25, 0.3) is 0 Å². The Kier molecular flexibility index (Phi) is 6.33. The highest BCUT2D eigenvalue weighted by Gasteiger charge is 2.67. The van der Waals surface area contributed by atoms with E-state index in [-0.39, 0.29) is 16.2 Å². The minimum atomic E-state index is -0.217. The molecule has 36 heavy (non-hydrogen) atoms. The largest absolute Gasteiger partial charge is 0.303 e. The van der Waals surface area contributed by atoms with Gasteiger partial charge in [0, 0.05) is 10.8 Å². The Morgan fingerprint density at radius 2 is 1.53 bits per heavy atom. The van der Waals surface area contributed by atoms with Gasteiger partial charge in [0.15, 0.2) is 0 Å². The number of rotatable bonds is 5. The van der Waals surface area contributed by atoms with Crippen LogP contribution in [0.4, 0.5) is 0 Å². The van der Waals surface area contributed by atoms with Gasteiger partial charge in [-0.3, -0.25) is 0 Å². The summed E-state index contributed by atoms with van der Waals surface area (Å²) in [6, 6.07) is 0. The lowest BCUT2D eigenvalue weighted by Crippen LogP contribution is -2.62. The van der Waals surface area contributed by atoms with Crippen LogP contribution in [0.5, 0.6) is 0 Å². The van der Waals surface area contributed by atoms with Crippen molar-refractivity contribution in [3.8, 4) is 0 Å². The molecular formula is C34H54O2. The average Bonchev–Trinajstić information content (AvgIpc) is 3.22. The Hall–Kier alpha value is -0.920. The normalized spacial score (nSPS) is 49.7. The van der Waals surface area contributed by atoms with Crippen molar-refractivity contribution < 1.29 is 9.59 Å². The van der Waals surface area contributed by atoms with E-state index in [4.69, 9.17) is 0 Å². The molecule has 0 heterocycles. The van der Waals surface area contributed by atoms with Crippen molar-refractivity contribution in [3.05, 3.63) is 12.2 Å². The summed E-state index contributed by atoms with van der Waals surface area (Å²) in [6.45, 7) is 21.3. The molecule has 2 nitrogen and oxygen atoms in total. The zero-order valence-electron chi connectivity index (χ0n) is 24.5. The first-order valence-electron chi connectivity index (χ1n) is 15.3. The standard InChI is InChI=1S/C34H54O2/c1-22(2)24-12-17-34(21-36)18-13-26-25(29(24)34)9-10-28-32(26,7)16-14-27-31(5,6)23(11-15-33(27,28)8)19-30(3,4)20-35/h20-21,23-29H,1,9-19H2,2-8H3. The lowest BCUT2D eigenvalue weighted by atomic mass is 9.35. The zero-order valence-corrected chi connectivity index (χ0v) is 24.5. The molecule has 10 unspecified atom stereocenters. The second-order valence-corrected chi connectivity index (χ2v) is 16.3. The summed E-state index contributed by atoms with van der Waals surface area (Å²) in [5, 5.41) is 0. The van der Waals surface area contributed by atoms with Gasteiger partial charge in [-0.1, -0.05) is 53.7 Å². The molecule has 0 spiro atoms. The van der Waals surface area contributed by atoms with Crippen LogP contribution in [0.25, 0.3) is 0 Å². The summed E-state index contributed by atoms with van der Waals surface area (Å²) in [7, 11) is 0. The molecule has 0 aromatic rings. The first-order valence-corrected chi connectivity index (χ1v) is 15.3. The molecule has 2 heteroatoms. The van der Waals surface area contributed by atoms with Crippen LogP contribution in [0, 0.1) is 68.5 Å². The lowest BCUT2D eigenvalue weighted by molar-refractivity contribution is -0.208. The van der Waals surface area contributed by atoms with Crippen LogP contribution in [0.2, 0.25) is 0 Å². The molecular weight excluding hydrogens is 440 g/mol. The molecule has 0 amide bonds. The predicted octanol–water partition coefficient (Wildman–Crippen LogP) is 8.68. The monoisotopic (exact) mass is 494 g/mol. The molecule has 5 fully saturated rings. The summed E-state index contributed by atoms with van der Waals surface area (Å²) in [5.41, 5.74) is 2.11.